The minimum absolute atomic E-state index is 0.0446. The number of aromatic nitrogens is 1. The van der Waals surface area contributed by atoms with E-state index in [0.29, 0.717) is 26.0 Å². The van der Waals surface area contributed by atoms with Gasteiger partial charge < -0.3 is 10.1 Å². The number of ether oxygens (including phenoxy) is 1. The molecule has 0 unspecified atom stereocenters. The highest BCUT2D eigenvalue weighted by molar-refractivity contribution is 7.16. The fourth-order valence-corrected chi connectivity index (χ4v) is 3.11. The number of hydrogen-bond donors (Lipinski definition) is 1. The Kier molecular flexibility index (Phi) is 5.21. The summed E-state index contributed by atoms with van der Waals surface area (Å²) in [6.45, 7) is 1.08. The summed E-state index contributed by atoms with van der Waals surface area (Å²) in [5.74, 6) is 0.882. The predicted molar refractivity (Wildman–Crippen MR) is 92.6 cm³/mol. The average Bonchev–Trinajstić information content (AvgIpc) is 3.07. The molecule has 0 radical (unpaired) electrons. The molecule has 3 aromatic rings. The van der Waals surface area contributed by atoms with E-state index in [1.165, 1.54) is 0 Å². The first-order valence-electron chi connectivity index (χ1n) is 7.58. The summed E-state index contributed by atoms with van der Waals surface area (Å²) in [5.41, 5.74) is 3.92. The highest BCUT2D eigenvalue weighted by Crippen LogP contribution is 2.21. The van der Waals surface area contributed by atoms with Gasteiger partial charge in [-0.1, -0.05) is 30.3 Å². The fourth-order valence-electron chi connectivity index (χ4n) is 2.31. The summed E-state index contributed by atoms with van der Waals surface area (Å²) >= 11 is 1.60. The van der Waals surface area contributed by atoms with Crippen molar-refractivity contribution in [2.24, 2.45) is 0 Å². The molecule has 118 valence electrons. The van der Waals surface area contributed by atoms with Gasteiger partial charge in [0.1, 0.15) is 5.75 Å². The van der Waals surface area contributed by atoms with Crippen LogP contribution in [0.1, 0.15) is 18.4 Å². The minimum Gasteiger partial charge on any atom is -0.494 e. The van der Waals surface area contributed by atoms with Gasteiger partial charge in [0.25, 0.3) is 0 Å². The molecule has 0 aliphatic rings. The van der Waals surface area contributed by atoms with Crippen LogP contribution in [0.2, 0.25) is 0 Å². The third-order valence-corrected chi connectivity index (χ3v) is 4.39. The smallest absolute Gasteiger partial charge is 0.220 e. The van der Waals surface area contributed by atoms with E-state index in [2.05, 4.69) is 10.3 Å². The Morgan fingerprint density at radius 2 is 2.00 bits per heavy atom. The molecule has 0 atom stereocenters. The standard InChI is InChI=1S/C18H18N2O2S/c21-17(10-5-11-22-15-7-2-1-3-8-15)19-12-14-6-4-9-16-18(14)23-13-20-16/h1-4,6-9,13H,5,10-12H2,(H,19,21). The Bertz CT molecular complexity index is 771. The number of carbonyl (C=O) groups is 1. The van der Waals surface area contributed by atoms with Crippen LogP contribution in [-0.4, -0.2) is 17.5 Å². The second-order valence-corrected chi connectivity index (χ2v) is 6.01. The van der Waals surface area contributed by atoms with Gasteiger partial charge in [0.15, 0.2) is 0 Å². The van der Waals surface area contributed by atoms with E-state index in [1.807, 2.05) is 54.0 Å². The zero-order chi connectivity index (χ0) is 15.9. The number of fused-ring (bicyclic) bond motifs is 1. The van der Waals surface area contributed by atoms with Gasteiger partial charge in [-0.2, -0.15) is 0 Å². The molecule has 23 heavy (non-hydrogen) atoms. The molecule has 1 heterocycles. The van der Waals surface area contributed by atoms with E-state index in [1.54, 1.807) is 11.3 Å². The Labute approximate surface area is 139 Å². The van der Waals surface area contributed by atoms with Gasteiger partial charge in [0, 0.05) is 13.0 Å². The second kappa shape index (κ2) is 7.74. The number of nitrogens with zero attached hydrogens (tertiary/aromatic N) is 1. The summed E-state index contributed by atoms with van der Waals surface area (Å²) in [4.78, 5) is 16.2. The molecule has 0 spiro atoms. The maximum atomic E-state index is 11.9. The van der Waals surface area contributed by atoms with E-state index in [4.69, 9.17) is 4.74 Å². The molecular formula is C18H18N2O2S. The van der Waals surface area contributed by atoms with Gasteiger partial charge in [-0.3, -0.25) is 4.79 Å². The van der Waals surface area contributed by atoms with Crippen molar-refractivity contribution < 1.29 is 9.53 Å². The van der Waals surface area contributed by atoms with E-state index in [9.17, 15) is 4.79 Å². The normalized spacial score (nSPS) is 10.6. The summed E-state index contributed by atoms with van der Waals surface area (Å²) in [6, 6.07) is 15.6. The molecule has 5 heteroatoms. The number of amides is 1. The summed E-state index contributed by atoms with van der Waals surface area (Å²) in [6.07, 6.45) is 1.16. The molecule has 0 saturated heterocycles. The minimum atomic E-state index is 0.0446. The Hall–Kier alpha value is -2.40. The van der Waals surface area contributed by atoms with Crippen molar-refractivity contribution in [3.63, 3.8) is 0 Å². The van der Waals surface area contributed by atoms with Crippen molar-refractivity contribution in [3.05, 3.63) is 59.6 Å². The van der Waals surface area contributed by atoms with Crippen LogP contribution in [0.4, 0.5) is 0 Å². The molecule has 0 aliphatic heterocycles. The molecule has 0 fully saturated rings. The summed E-state index contributed by atoms with van der Waals surface area (Å²) in [5, 5.41) is 2.96. The molecule has 1 N–H and O–H groups in total. The third-order valence-electron chi connectivity index (χ3n) is 3.47. The lowest BCUT2D eigenvalue weighted by Gasteiger charge is -2.07. The molecule has 0 saturated carbocycles. The van der Waals surface area contributed by atoms with Crippen molar-refractivity contribution in [1.82, 2.24) is 10.3 Å². The van der Waals surface area contributed by atoms with Crippen LogP contribution in [0.3, 0.4) is 0 Å². The largest absolute Gasteiger partial charge is 0.494 e. The lowest BCUT2D eigenvalue weighted by molar-refractivity contribution is -0.121. The Morgan fingerprint density at radius 3 is 2.87 bits per heavy atom. The van der Waals surface area contributed by atoms with Crippen molar-refractivity contribution in [2.75, 3.05) is 6.61 Å². The highest BCUT2D eigenvalue weighted by Gasteiger charge is 2.06. The van der Waals surface area contributed by atoms with Crippen molar-refractivity contribution in [1.29, 1.82) is 0 Å². The van der Waals surface area contributed by atoms with Crippen molar-refractivity contribution in [3.8, 4) is 5.75 Å². The van der Waals surface area contributed by atoms with Crippen molar-refractivity contribution >= 4 is 27.5 Å². The molecular weight excluding hydrogens is 308 g/mol. The number of thiazole rings is 1. The van der Waals surface area contributed by atoms with E-state index in [0.717, 1.165) is 21.5 Å². The molecule has 3 rings (SSSR count). The number of hydrogen-bond acceptors (Lipinski definition) is 4. The zero-order valence-electron chi connectivity index (χ0n) is 12.7. The van der Waals surface area contributed by atoms with Gasteiger partial charge in [0.05, 0.1) is 22.3 Å². The van der Waals surface area contributed by atoms with Gasteiger partial charge in [-0.15, -0.1) is 11.3 Å². The number of rotatable bonds is 7. The Morgan fingerprint density at radius 1 is 1.13 bits per heavy atom. The topological polar surface area (TPSA) is 51.2 Å². The average molecular weight is 326 g/mol. The lowest BCUT2D eigenvalue weighted by atomic mass is 10.2. The molecule has 1 aromatic heterocycles. The van der Waals surface area contributed by atoms with E-state index < -0.39 is 0 Å². The predicted octanol–water partition coefficient (Wildman–Crippen LogP) is 3.77. The molecule has 0 aliphatic carbocycles. The zero-order valence-corrected chi connectivity index (χ0v) is 13.5. The van der Waals surface area contributed by atoms with Gasteiger partial charge in [0.2, 0.25) is 5.91 Å². The van der Waals surface area contributed by atoms with Crippen LogP contribution in [0.5, 0.6) is 5.75 Å². The van der Waals surface area contributed by atoms with Crippen LogP contribution in [0.15, 0.2) is 54.0 Å². The van der Waals surface area contributed by atoms with Crippen LogP contribution >= 0.6 is 11.3 Å². The van der Waals surface area contributed by atoms with Gasteiger partial charge >= 0.3 is 0 Å². The molecule has 4 nitrogen and oxygen atoms in total. The van der Waals surface area contributed by atoms with Crippen LogP contribution in [0, 0.1) is 0 Å². The van der Waals surface area contributed by atoms with Gasteiger partial charge in [-0.05, 0) is 30.2 Å². The van der Waals surface area contributed by atoms with Crippen LogP contribution in [-0.2, 0) is 11.3 Å². The number of para-hydroxylation sites is 1. The summed E-state index contributed by atoms with van der Waals surface area (Å²) in [7, 11) is 0. The van der Waals surface area contributed by atoms with Crippen LogP contribution in [0.25, 0.3) is 10.2 Å². The van der Waals surface area contributed by atoms with E-state index in [-0.39, 0.29) is 5.91 Å². The first-order valence-corrected chi connectivity index (χ1v) is 8.46. The maximum absolute atomic E-state index is 11.9. The molecule has 0 bridgehead atoms. The first kappa shape index (κ1) is 15.5. The highest BCUT2D eigenvalue weighted by atomic mass is 32.1. The maximum Gasteiger partial charge on any atom is 0.220 e. The lowest BCUT2D eigenvalue weighted by Crippen LogP contribution is -2.23. The van der Waals surface area contributed by atoms with Crippen LogP contribution < -0.4 is 10.1 Å². The quantitative estimate of drug-likeness (QED) is 0.672. The first-order chi connectivity index (χ1) is 11.3. The number of benzene rings is 2. The third kappa shape index (κ3) is 4.29. The summed E-state index contributed by atoms with van der Waals surface area (Å²) < 4.78 is 6.72. The Balaban J connectivity index is 1.41. The van der Waals surface area contributed by atoms with Crippen molar-refractivity contribution in [2.45, 2.75) is 19.4 Å². The fraction of sp³-hybridized carbons (Fsp3) is 0.222. The van der Waals surface area contributed by atoms with Gasteiger partial charge in [-0.25, -0.2) is 4.98 Å². The monoisotopic (exact) mass is 326 g/mol. The molecule has 1 amide bonds. The number of carbonyl (C=O) groups excluding carboxylic acids is 1. The van der Waals surface area contributed by atoms with E-state index >= 15 is 0 Å². The number of nitrogens with one attached hydrogen (secondary N) is 1. The molecule has 2 aromatic carbocycles. The second-order valence-electron chi connectivity index (χ2n) is 5.16. The SMILES string of the molecule is O=C(CCCOc1ccccc1)NCc1cccc2ncsc12.